The number of carbonyl (C=O) groups is 1. The van der Waals surface area contributed by atoms with Crippen LogP contribution in [0.5, 0.6) is 0 Å². The first-order valence-corrected chi connectivity index (χ1v) is 9.18. The average Bonchev–Trinajstić information content (AvgIpc) is 3.02. The van der Waals surface area contributed by atoms with Crippen LogP contribution in [0.3, 0.4) is 0 Å². The van der Waals surface area contributed by atoms with Crippen LogP contribution in [-0.4, -0.2) is 32.9 Å². The van der Waals surface area contributed by atoms with Crippen LogP contribution in [0, 0.1) is 0 Å². The van der Waals surface area contributed by atoms with Gasteiger partial charge in [0.25, 0.3) is 5.91 Å². The lowest BCUT2D eigenvalue weighted by molar-refractivity contribution is 0.0945. The Morgan fingerprint density at radius 3 is 2.78 bits per heavy atom. The maximum absolute atomic E-state index is 12.1. The fraction of sp³-hybridized carbons (Fsp3) is 0.158. The second kappa shape index (κ2) is 7.13. The molecule has 1 aromatic heterocycles. The van der Waals surface area contributed by atoms with Crippen molar-refractivity contribution in [2.75, 3.05) is 6.54 Å². The Kier molecular flexibility index (Phi) is 4.68. The number of hydrogen-bond acceptors (Lipinski definition) is 4. The van der Waals surface area contributed by atoms with Crippen molar-refractivity contribution in [2.45, 2.75) is 13.5 Å². The molecule has 3 aromatic rings. The molecule has 1 amide bonds. The lowest BCUT2D eigenvalue weighted by atomic mass is 10.0. The number of aliphatic imine (C=N–C) groups is 1. The summed E-state index contributed by atoms with van der Waals surface area (Å²) >= 11 is 12.6. The minimum atomic E-state index is -0.316. The predicted octanol–water partition coefficient (Wildman–Crippen LogP) is 3.67. The zero-order valence-electron chi connectivity index (χ0n) is 14.4. The number of rotatable bonds is 3. The molecule has 0 fully saturated rings. The SMILES string of the molecule is CCNC(=O)c1nc2n(n1)-c1ccc(Cl)cc1C(c1ccccc1Cl)=NC2. The second-order valence-electron chi connectivity index (χ2n) is 5.93. The topological polar surface area (TPSA) is 72.2 Å². The monoisotopic (exact) mass is 399 g/mol. The molecule has 4 rings (SSSR count). The highest BCUT2D eigenvalue weighted by Gasteiger charge is 2.24. The molecule has 0 spiro atoms. The van der Waals surface area contributed by atoms with Crippen LogP contribution >= 0.6 is 23.2 Å². The van der Waals surface area contributed by atoms with Gasteiger partial charge in [0.2, 0.25) is 5.82 Å². The van der Waals surface area contributed by atoms with E-state index in [1.165, 1.54) is 0 Å². The van der Waals surface area contributed by atoms with E-state index in [-0.39, 0.29) is 18.3 Å². The number of aromatic nitrogens is 3. The molecule has 0 atom stereocenters. The van der Waals surface area contributed by atoms with Crippen LogP contribution in [-0.2, 0) is 6.54 Å². The fourth-order valence-electron chi connectivity index (χ4n) is 2.98. The summed E-state index contributed by atoms with van der Waals surface area (Å²) in [6, 6.07) is 12.9. The Morgan fingerprint density at radius 2 is 2.00 bits per heavy atom. The quantitative estimate of drug-likeness (QED) is 0.729. The Balaban J connectivity index is 1.90. The molecule has 0 saturated heterocycles. The smallest absolute Gasteiger partial charge is 0.290 e. The Labute approximate surface area is 165 Å². The number of nitrogens with one attached hydrogen (secondary N) is 1. The van der Waals surface area contributed by atoms with Crippen molar-refractivity contribution >= 4 is 34.8 Å². The molecular weight excluding hydrogens is 385 g/mol. The number of fused-ring (bicyclic) bond motifs is 3. The summed E-state index contributed by atoms with van der Waals surface area (Å²) in [4.78, 5) is 21.2. The molecule has 1 aliphatic rings. The maximum Gasteiger partial charge on any atom is 0.290 e. The predicted molar refractivity (Wildman–Crippen MR) is 105 cm³/mol. The highest BCUT2D eigenvalue weighted by molar-refractivity contribution is 6.36. The van der Waals surface area contributed by atoms with E-state index < -0.39 is 0 Å². The zero-order chi connectivity index (χ0) is 19.0. The molecule has 0 bridgehead atoms. The molecule has 2 heterocycles. The van der Waals surface area contributed by atoms with Gasteiger partial charge < -0.3 is 5.32 Å². The number of hydrogen-bond donors (Lipinski definition) is 1. The highest BCUT2D eigenvalue weighted by atomic mass is 35.5. The summed E-state index contributed by atoms with van der Waals surface area (Å²) in [5.74, 6) is 0.370. The molecule has 8 heteroatoms. The van der Waals surface area contributed by atoms with Crippen LogP contribution < -0.4 is 5.32 Å². The van der Waals surface area contributed by atoms with Crippen molar-refractivity contribution in [2.24, 2.45) is 4.99 Å². The fourth-order valence-corrected chi connectivity index (χ4v) is 3.37. The van der Waals surface area contributed by atoms with Crippen LogP contribution in [0.2, 0.25) is 10.0 Å². The van der Waals surface area contributed by atoms with E-state index in [1.807, 2.05) is 43.3 Å². The zero-order valence-corrected chi connectivity index (χ0v) is 15.9. The Hall–Kier alpha value is -2.70. The van der Waals surface area contributed by atoms with Gasteiger partial charge in [0, 0.05) is 27.7 Å². The minimum absolute atomic E-state index is 0.115. The number of amides is 1. The van der Waals surface area contributed by atoms with Gasteiger partial charge in [0.05, 0.1) is 17.9 Å². The van der Waals surface area contributed by atoms with Gasteiger partial charge in [-0.25, -0.2) is 9.67 Å². The normalized spacial score (nSPS) is 12.6. The van der Waals surface area contributed by atoms with E-state index in [0.717, 1.165) is 16.8 Å². The van der Waals surface area contributed by atoms with Crippen LogP contribution in [0.15, 0.2) is 47.5 Å². The lowest BCUT2D eigenvalue weighted by Gasteiger charge is -2.12. The van der Waals surface area contributed by atoms with Gasteiger partial charge in [-0.05, 0) is 31.2 Å². The summed E-state index contributed by atoms with van der Waals surface area (Å²) in [7, 11) is 0. The number of carbonyl (C=O) groups excluding carboxylic acids is 1. The van der Waals surface area contributed by atoms with E-state index >= 15 is 0 Å². The molecule has 1 N–H and O–H groups in total. The van der Waals surface area contributed by atoms with Gasteiger partial charge in [-0.3, -0.25) is 9.79 Å². The summed E-state index contributed by atoms with van der Waals surface area (Å²) in [6.07, 6.45) is 0. The van der Waals surface area contributed by atoms with Gasteiger partial charge in [0.15, 0.2) is 5.82 Å². The van der Waals surface area contributed by atoms with E-state index in [0.29, 0.717) is 28.1 Å². The summed E-state index contributed by atoms with van der Waals surface area (Å²) in [5, 5.41) is 8.27. The van der Waals surface area contributed by atoms with Gasteiger partial charge in [0.1, 0.15) is 0 Å². The molecule has 2 aromatic carbocycles. The van der Waals surface area contributed by atoms with Gasteiger partial charge >= 0.3 is 0 Å². The summed E-state index contributed by atoms with van der Waals surface area (Å²) in [5.41, 5.74) is 3.04. The van der Waals surface area contributed by atoms with Crippen LogP contribution in [0.25, 0.3) is 5.69 Å². The molecule has 6 nitrogen and oxygen atoms in total. The second-order valence-corrected chi connectivity index (χ2v) is 6.77. The molecule has 0 aliphatic carbocycles. The highest BCUT2D eigenvalue weighted by Crippen LogP contribution is 2.29. The number of halogens is 2. The van der Waals surface area contributed by atoms with Crippen molar-refractivity contribution in [3.8, 4) is 5.69 Å². The summed E-state index contributed by atoms with van der Waals surface area (Å²) < 4.78 is 1.64. The first-order chi connectivity index (χ1) is 13.1. The standard InChI is InChI=1S/C19H15Cl2N5O/c1-2-22-19(27)18-24-16-10-23-17(12-5-3-4-6-14(12)21)13-9-11(20)7-8-15(13)26(16)25-18/h3-9H,2,10H2,1H3,(H,22,27). The molecule has 0 saturated carbocycles. The molecule has 27 heavy (non-hydrogen) atoms. The van der Waals surface area contributed by atoms with E-state index in [9.17, 15) is 4.79 Å². The van der Waals surface area contributed by atoms with Crippen molar-refractivity contribution < 1.29 is 4.79 Å². The number of benzene rings is 2. The third-order valence-electron chi connectivity index (χ3n) is 4.16. The van der Waals surface area contributed by atoms with E-state index in [4.69, 9.17) is 28.2 Å². The third kappa shape index (κ3) is 3.22. The minimum Gasteiger partial charge on any atom is -0.350 e. The van der Waals surface area contributed by atoms with E-state index in [1.54, 1.807) is 10.7 Å². The molecular formula is C19H15Cl2N5O. The Bertz CT molecular complexity index is 1070. The van der Waals surface area contributed by atoms with Crippen molar-refractivity contribution in [3.63, 3.8) is 0 Å². The van der Waals surface area contributed by atoms with Crippen molar-refractivity contribution in [1.29, 1.82) is 0 Å². The van der Waals surface area contributed by atoms with Crippen molar-refractivity contribution in [3.05, 3.63) is 75.3 Å². The molecule has 136 valence electrons. The van der Waals surface area contributed by atoms with E-state index in [2.05, 4.69) is 15.4 Å². The van der Waals surface area contributed by atoms with Crippen molar-refractivity contribution in [1.82, 2.24) is 20.1 Å². The average molecular weight is 400 g/mol. The van der Waals surface area contributed by atoms with Crippen LogP contribution in [0.1, 0.15) is 34.5 Å². The van der Waals surface area contributed by atoms with Gasteiger partial charge in [-0.1, -0.05) is 41.4 Å². The first-order valence-electron chi connectivity index (χ1n) is 8.42. The van der Waals surface area contributed by atoms with Gasteiger partial charge in [-0.15, -0.1) is 5.10 Å². The molecule has 0 unspecified atom stereocenters. The van der Waals surface area contributed by atoms with Crippen LogP contribution in [0.4, 0.5) is 0 Å². The molecule has 0 radical (unpaired) electrons. The third-order valence-corrected chi connectivity index (χ3v) is 4.73. The first kappa shape index (κ1) is 17.7. The number of nitrogens with zero attached hydrogens (tertiary/aromatic N) is 4. The maximum atomic E-state index is 12.1. The largest absolute Gasteiger partial charge is 0.350 e. The lowest BCUT2D eigenvalue weighted by Crippen LogP contribution is -2.24. The Morgan fingerprint density at radius 1 is 1.19 bits per heavy atom. The summed E-state index contributed by atoms with van der Waals surface area (Å²) in [6.45, 7) is 2.61. The molecule has 1 aliphatic heterocycles. The van der Waals surface area contributed by atoms with Gasteiger partial charge in [-0.2, -0.15) is 0 Å².